The Labute approximate surface area is 107 Å². The zero-order chi connectivity index (χ0) is 13.2. The first-order chi connectivity index (χ1) is 8.50. The third kappa shape index (κ3) is 2.59. The van der Waals surface area contributed by atoms with Crippen molar-refractivity contribution in [2.45, 2.75) is 38.8 Å². The summed E-state index contributed by atoms with van der Waals surface area (Å²) in [6.45, 7) is 5.91. The second-order valence-electron chi connectivity index (χ2n) is 5.03. The van der Waals surface area contributed by atoms with Gasteiger partial charge in [0.25, 0.3) is 0 Å². The van der Waals surface area contributed by atoms with E-state index in [4.69, 9.17) is 0 Å². The highest BCUT2D eigenvalue weighted by Crippen LogP contribution is 2.24. The fraction of sp³-hybridized carbons (Fsp3) is 0.429. The molecule has 0 aliphatic heterocycles. The monoisotopic (exact) mass is 245 g/mol. The van der Waals surface area contributed by atoms with Gasteiger partial charge in [0.1, 0.15) is 12.2 Å². The quantitative estimate of drug-likeness (QED) is 0.899. The first-order valence-electron chi connectivity index (χ1n) is 6.17. The van der Waals surface area contributed by atoms with Crippen molar-refractivity contribution < 1.29 is 5.11 Å². The van der Waals surface area contributed by atoms with E-state index in [0.29, 0.717) is 6.42 Å². The molecule has 1 atom stereocenters. The minimum atomic E-state index is -0.930. The molecule has 0 fully saturated rings. The maximum atomic E-state index is 10.6. The average Bonchev–Trinajstić information content (AvgIpc) is 2.78. The fourth-order valence-corrected chi connectivity index (χ4v) is 2.04. The van der Waals surface area contributed by atoms with E-state index in [1.165, 1.54) is 6.33 Å². The maximum absolute atomic E-state index is 10.6. The van der Waals surface area contributed by atoms with Crippen molar-refractivity contribution in [3.8, 4) is 0 Å². The lowest BCUT2D eigenvalue weighted by atomic mass is 9.92. The zero-order valence-corrected chi connectivity index (χ0v) is 11.0. The fourth-order valence-electron chi connectivity index (χ4n) is 2.04. The van der Waals surface area contributed by atoms with Crippen molar-refractivity contribution in [2.75, 3.05) is 0 Å². The summed E-state index contributed by atoms with van der Waals surface area (Å²) < 4.78 is 1.84. The van der Waals surface area contributed by atoms with Gasteiger partial charge in [0.2, 0.25) is 0 Å². The van der Waals surface area contributed by atoms with E-state index in [9.17, 15) is 5.11 Å². The molecule has 0 spiro atoms. The summed E-state index contributed by atoms with van der Waals surface area (Å²) in [6, 6.07) is 9.89. The van der Waals surface area contributed by atoms with Gasteiger partial charge in [0.05, 0.1) is 5.60 Å². The average molecular weight is 245 g/mol. The Bertz CT molecular complexity index is 503. The molecule has 0 amide bonds. The number of aliphatic hydroxyl groups is 1. The molecule has 0 radical (unpaired) electrons. The molecule has 0 aliphatic rings. The SMILES string of the molecule is CC(C)n1ncnc1CC(C)(O)c1ccccc1. The second-order valence-corrected chi connectivity index (χ2v) is 5.03. The molecule has 2 rings (SSSR count). The predicted octanol–water partition coefficient (Wildman–Crippen LogP) is 2.31. The molecule has 0 aliphatic carbocycles. The molecule has 0 saturated heterocycles. The van der Waals surface area contributed by atoms with Gasteiger partial charge in [-0.05, 0) is 26.3 Å². The highest BCUT2D eigenvalue weighted by atomic mass is 16.3. The van der Waals surface area contributed by atoms with Crippen LogP contribution in [0.3, 0.4) is 0 Å². The Morgan fingerprint density at radius 3 is 2.56 bits per heavy atom. The molecule has 4 nitrogen and oxygen atoms in total. The van der Waals surface area contributed by atoms with E-state index in [0.717, 1.165) is 11.4 Å². The molecule has 4 heteroatoms. The van der Waals surface area contributed by atoms with Gasteiger partial charge in [-0.15, -0.1) is 0 Å². The van der Waals surface area contributed by atoms with E-state index in [1.807, 2.05) is 41.9 Å². The summed E-state index contributed by atoms with van der Waals surface area (Å²) in [7, 11) is 0. The Hall–Kier alpha value is -1.68. The number of rotatable bonds is 4. The third-order valence-electron chi connectivity index (χ3n) is 3.03. The van der Waals surface area contributed by atoms with Crippen LogP contribution >= 0.6 is 0 Å². The van der Waals surface area contributed by atoms with Crippen LogP contribution in [0.1, 0.15) is 38.2 Å². The molecular formula is C14H19N3O. The maximum Gasteiger partial charge on any atom is 0.138 e. The van der Waals surface area contributed by atoms with Gasteiger partial charge in [0, 0.05) is 12.5 Å². The summed E-state index contributed by atoms with van der Waals surface area (Å²) in [5, 5.41) is 14.8. The van der Waals surface area contributed by atoms with Gasteiger partial charge in [-0.3, -0.25) is 0 Å². The summed E-state index contributed by atoms with van der Waals surface area (Å²) in [5.74, 6) is 0.804. The lowest BCUT2D eigenvalue weighted by molar-refractivity contribution is 0.0539. The Kier molecular flexibility index (Phi) is 3.48. The molecule has 96 valence electrons. The highest BCUT2D eigenvalue weighted by Gasteiger charge is 2.26. The minimum Gasteiger partial charge on any atom is -0.385 e. The smallest absolute Gasteiger partial charge is 0.138 e. The van der Waals surface area contributed by atoms with E-state index in [-0.39, 0.29) is 6.04 Å². The summed E-state index contributed by atoms with van der Waals surface area (Å²) in [5.41, 5.74) is -0.0377. The topological polar surface area (TPSA) is 50.9 Å². The van der Waals surface area contributed by atoms with Crippen LogP contribution in [0.2, 0.25) is 0 Å². The van der Waals surface area contributed by atoms with Crippen LogP contribution in [-0.2, 0) is 12.0 Å². The zero-order valence-electron chi connectivity index (χ0n) is 11.0. The van der Waals surface area contributed by atoms with Crippen molar-refractivity contribution >= 4 is 0 Å². The Balaban J connectivity index is 2.25. The standard InChI is InChI=1S/C14H19N3O/c1-11(2)17-13(15-10-16-17)9-14(3,18)12-7-5-4-6-8-12/h4-8,10-11,18H,9H2,1-3H3. The molecule has 0 saturated carbocycles. The molecule has 1 aromatic carbocycles. The molecule has 2 aromatic rings. The summed E-state index contributed by atoms with van der Waals surface area (Å²) >= 11 is 0. The van der Waals surface area contributed by atoms with Gasteiger partial charge in [-0.25, -0.2) is 9.67 Å². The molecular weight excluding hydrogens is 226 g/mol. The van der Waals surface area contributed by atoms with Crippen LogP contribution in [0.4, 0.5) is 0 Å². The Morgan fingerprint density at radius 1 is 1.28 bits per heavy atom. The van der Waals surface area contributed by atoms with Gasteiger partial charge in [-0.1, -0.05) is 30.3 Å². The number of nitrogens with zero attached hydrogens (tertiary/aromatic N) is 3. The lowest BCUT2D eigenvalue weighted by Gasteiger charge is -2.24. The lowest BCUT2D eigenvalue weighted by Crippen LogP contribution is -2.26. The minimum absolute atomic E-state index is 0.245. The van der Waals surface area contributed by atoms with E-state index < -0.39 is 5.60 Å². The largest absolute Gasteiger partial charge is 0.385 e. The molecule has 18 heavy (non-hydrogen) atoms. The Morgan fingerprint density at radius 2 is 1.94 bits per heavy atom. The first-order valence-corrected chi connectivity index (χ1v) is 6.17. The molecule has 0 bridgehead atoms. The summed E-state index contributed by atoms with van der Waals surface area (Å²) in [4.78, 5) is 4.24. The summed E-state index contributed by atoms with van der Waals surface area (Å²) in [6.07, 6.45) is 1.99. The van der Waals surface area contributed by atoms with Crippen LogP contribution in [0, 0.1) is 0 Å². The van der Waals surface area contributed by atoms with Crippen molar-refractivity contribution in [3.63, 3.8) is 0 Å². The number of benzene rings is 1. The van der Waals surface area contributed by atoms with Gasteiger partial charge >= 0.3 is 0 Å². The molecule has 1 unspecified atom stereocenters. The molecule has 1 heterocycles. The highest BCUT2D eigenvalue weighted by molar-refractivity contribution is 5.22. The van der Waals surface area contributed by atoms with Gasteiger partial charge in [0.15, 0.2) is 0 Å². The number of aromatic nitrogens is 3. The van der Waals surface area contributed by atoms with Crippen molar-refractivity contribution in [2.24, 2.45) is 0 Å². The number of hydrogen-bond donors (Lipinski definition) is 1. The van der Waals surface area contributed by atoms with Crippen LogP contribution < -0.4 is 0 Å². The van der Waals surface area contributed by atoms with Crippen LogP contribution in [0.25, 0.3) is 0 Å². The normalized spacial score (nSPS) is 14.7. The number of hydrogen-bond acceptors (Lipinski definition) is 3. The predicted molar refractivity (Wildman–Crippen MR) is 70.1 cm³/mol. The van der Waals surface area contributed by atoms with Crippen LogP contribution in [0.5, 0.6) is 0 Å². The molecule has 1 N–H and O–H groups in total. The van der Waals surface area contributed by atoms with Crippen molar-refractivity contribution in [1.82, 2.24) is 14.8 Å². The van der Waals surface area contributed by atoms with Crippen molar-refractivity contribution in [3.05, 3.63) is 48.0 Å². The van der Waals surface area contributed by atoms with Gasteiger partial charge in [-0.2, -0.15) is 5.10 Å². The van der Waals surface area contributed by atoms with Crippen LogP contribution in [-0.4, -0.2) is 19.9 Å². The van der Waals surface area contributed by atoms with E-state index in [1.54, 1.807) is 0 Å². The third-order valence-corrected chi connectivity index (χ3v) is 3.03. The molecule has 1 aromatic heterocycles. The second kappa shape index (κ2) is 4.90. The first kappa shape index (κ1) is 12.8. The van der Waals surface area contributed by atoms with E-state index in [2.05, 4.69) is 23.9 Å². The van der Waals surface area contributed by atoms with E-state index >= 15 is 0 Å². The van der Waals surface area contributed by atoms with Gasteiger partial charge < -0.3 is 5.11 Å². The van der Waals surface area contributed by atoms with Crippen LogP contribution in [0.15, 0.2) is 36.7 Å². The van der Waals surface area contributed by atoms with Crippen molar-refractivity contribution in [1.29, 1.82) is 0 Å².